The van der Waals surface area contributed by atoms with Crippen molar-refractivity contribution in [2.75, 3.05) is 0 Å². The highest BCUT2D eigenvalue weighted by molar-refractivity contribution is 6.00. The molecule has 1 heterocycles. The Kier molecular flexibility index (Phi) is 4.89. The van der Waals surface area contributed by atoms with Crippen molar-refractivity contribution < 1.29 is 9.59 Å². The van der Waals surface area contributed by atoms with Gasteiger partial charge in [-0.3, -0.25) is 9.59 Å². The van der Waals surface area contributed by atoms with E-state index in [2.05, 4.69) is 10.5 Å². The predicted molar refractivity (Wildman–Crippen MR) is 97.0 cm³/mol. The second-order valence-electron chi connectivity index (χ2n) is 5.65. The number of rotatable bonds is 6. The highest BCUT2D eigenvalue weighted by atomic mass is 16.2. The van der Waals surface area contributed by atoms with Crippen molar-refractivity contribution in [3.8, 4) is 0 Å². The van der Waals surface area contributed by atoms with E-state index in [9.17, 15) is 9.59 Å². The van der Waals surface area contributed by atoms with Crippen molar-refractivity contribution in [3.05, 3.63) is 71.9 Å². The van der Waals surface area contributed by atoms with Crippen molar-refractivity contribution in [2.24, 2.45) is 10.8 Å². The Morgan fingerprint density at radius 1 is 1.08 bits per heavy atom. The minimum atomic E-state index is -0.416. The summed E-state index contributed by atoms with van der Waals surface area (Å²) < 4.78 is 1.77. The summed E-state index contributed by atoms with van der Waals surface area (Å²) >= 11 is 0. The molecule has 3 rings (SSSR count). The van der Waals surface area contributed by atoms with E-state index in [0.29, 0.717) is 0 Å². The molecular weight excluding hydrogens is 316 g/mol. The predicted octanol–water partition coefficient (Wildman–Crippen LogP) is 1.82. The monoisotopic (exact) mass is 334 g/mol. The molecule has 0 bridgehead atoms. The average Bonchev–Trinajstić information content (AvgIpc) is 2.93. The fourth-order valence-corrected chi connectivity index (χ4v) is 2.67. The molecule has 126 valence electrons. The first-order valence-corrected chi connectivity index (χ1v) is 7.85. The molecule has 3 aromatic rings. The standard InChI is InChI=1S/C19H18N4O2/c20-18(24)13-23-12-15(16-8-4-5-9-17(16)23)11-21-22-19(25)10-14-6-2-1-3-7-14/h1-9,11-12H,10,13H2,(H2,20,24)(H,22,25)/b21-11+. The maximum Gasteiger partial charge on any atom is 0.244 e. The van der Waals surface area contributed by atoms with Crippen LogP contribution in [0.3, 0.4) is 0 Å². The number of amides is 2. The average molecular weight is 334 g/mol. The van der Waals surface area contributed by atoms with Gasteiger partial charge < -0.3 is 10.3 Å². The third-order valence-corrected chi connectivity index (χ3v) is 3.75. The van der Waals surface area contributed by atoms with E-state index in [4.69, 9.17) is 5.73 Å². The third-order valence-electron chi connectivity index (χ3n) is 3.75. The molecule has 0 unspecified atom stereocenters. The van der Waals surface area contributed by atoms with Crippen LogP contribution in [0.2, 0.25) is 0 Å². The largest absolute Gasteiger partial charge is 0.368 e. The van der Waals surface area contributed by atoms with Crippen LogP contribution in [-0.2, 0) is 22.6 Å². The van der Waals surface area contributed by atoms with Crippen LogP contribution in [0.25, 0.3) is 10.9 Å². The van der Waals surface area contributed by atoms with Gasteiger partial charge in [0.05, 0.1) is 12.6 Å². The van der Waals surface area contributed by atoms with Gasteiger partial charge in [0.2, 0.25) is 11.8 Å². The molecule has 0 spiro atoms. The Labute approximate surface area is 144 Å². The topological polar surface area (TPSA) is 89.5 Å². The van der Waals surface area contributed by atoms with E-state index in [1.54, 1.807) is 17.0 Å². The summed E-state index contributed by atoms with van der Waals surface area (Å²) in [5.74, 6) is -0.608. The fourth-order valence-electron chi connectivity index (χ4n) is 2.67. The molecule has 0 saturated heterocycles. The molecule has 2 aromatic carbocycles. The van der Waals surface area contributed by atoms with Crippen LogP contribution in [0, 0.1) is 0 Å². The summed E-state index contributed by atoms with van der Waals surface area (Å²) in [6, 6.07) is 17.1. The Hall–Kier alpha value is -3.41. The number of hydrogen-bond acceptors (Lipinski definition) is 3. The number of fused-ring (bicyclic) bond motifs is 1. The van der Waals surface area contributed by atoms with Crippen LogP contribution in [0.4, 0.5) is 0 Å². The van der Waals surface area contributed by atoms with Gasteiger partial charge in [0, 0.05) is 22.7 Å². The van der Waals surface area contributed by atoms with E-state index in [1.807, 2.05) is 54.6 Å². The molecule has 0 aliphatic rings. The van der Waals surface area contributed by atoms with E-state index in [0.717, 1.165) is 22.0 Å². The van der Waals surface area contributed by atoms with Gasteiger partial charge in [0.1, 0.15) is 6.54 Å². The van der Waals surface area contributed by atoms with Crippen LogP contribution in [0.1, 0.15) is 11.1 Å². The molecule has 0 radical (unpaired) electrons. The molecule has 6 heteroatoms. The van der Waals surface area contributed by atoms with Gasteiger partial charge in [-0.2, -0.15) is 5.10 Å². The maximum atomic E-state index is 11.9. The van der Waals surface area contributed by atoms with E-state index in [-0.39, 0.29) is 18.9 Å². The van der Waals surface area contributed by atoms with Crippen LogP contribution in [0.5, 0.6) is 0 Å². The van der Waals surface area contributed by atoms with Crippen molar-refractivity contribution >= 4 is 28.9 Å². The van der Waals surface area contributed by atoms with Gasteiger partial charge in [0.15, 0.2) is 0 Å². The number of hydrogen-bond donors (Lipinski definition) is 2. The lowest BCUT2D eigenvalue weighted by molar-refractivity contribution is -0.120. The number of para-hydroxylation sites is 1. The van der Waals surface area contributed by atoms with Crippen molar-refractivity contribution in [2.45, 2.75) is 13.0 Å². The lowest BCUT2D eigenvalue weighted by Gasteiger charge is -2.00. The van der Waals surface area contributed by atoms with Crippen LogP contribution in [0.15, 0.2) is 65.9 Å². The Balaban J connectivity index is 1.73. The molecule has 0 aliphatic heterocycles. The minimum absolute atomic E-state index is 0.0920. The summed E-state index contributed by atoms with van der Waals surface area (Å²) in [5, 5.41) is 4.96. The lowest BCUT2D eigenvalue weighted by atomic mass is 10.1. The molecule has 2 amide bonds. The zero-order valence-corrected chi connectivity index (χ0v) is 13.6. The van der Waals surface area contributed by atoms with Gasteiger partial charge in [-0.25, -0.2) is 5.43 Å². The molecule has 1 aromatic heterocycles. The van der Waals surface area contributed by atoms with Crippen molar-refractivity contribution in [3.63, 3.8) is 0 Å². The van der Waals surface area contributed by atoms with Crippen LogP contribution >= 0.6 is 0 Å². The van der Waals surface area contributed by atoms with Gasteiger partial charge in [0.25, 0.3) is 0 Å². The van der Waals surface area contributed by atoms with Gasteiger partial charge in [-0.1, -0.05) is 48.5 Å². The molecule has 0 aliphatic carbocycles. The normalized spacial score (nSPS) is 11.0. The lowest BCUT2D eigenvalue weighted by Crippen LogP contribution is -2.19. The van der Waals surface area contributed by atoms with Crippen molar-refractivity contribution in [1.29, 1.82) is 0 Å². The molecule has 6 nitrogen and oxygen atoms in total. The van der Waals surface area contributed by atoms with Crippen LogP contribution < -0.4 is 11.2 Å². The number of carbonyl (C=O) groups is 2. The van der Waals surface area contributed by atoms with E-state index >= 15 is 0 Å². The summed E-state index contributed by atoms with van der Waals surface area (Å²) in [6.45, 7) is 0.0920. The molecular formula is C19H18N4O2. The molecule has 3 N–H and O–H groups in total. The number of nitrogens with zero attached hydrogens (tertiary/aromatic N) is 2. The third kappa shape index (κ3) is 4.11. The maximum absolute atomic E-state index is 11.9. The summed E-state index contributed by atoms with van der Waals surface area (Å²) in [7, 11) is 0. The minimum Gasteiger partial charge on any atom is -0.368 e. The number of hydrazone groups is 1. The smallest absolute Gasteiger partial charge is 0.244 e. The fraction of sp³-hybridized carbons (Fsp3) is 0.105. The summed E-state index contributed by atoms with van der Waals surface area (Å²) in [6.07, 6.45) is 3.63. The second kappa shape index (κ2) is 7.44. The summed E-state index contributed by atoms with van der Waals surface area (Å²) in [4.78, 5) is 23.1. The zero-order chi connectivity index (χ0) is 17.6. The zero-order valence-electron chi connectivity index (χ0n) is 13.6. The Morgan fingerprint density at radius 2 is 1.80 bits per heavy atom. The van der Waals surface area contributed by atoms with Gasteiger partial charge in [-0.05, 0) is 11.6 Å². The van der Waals surface area contributed by atoms with E-state index < -0.39 is 5.91 Å². The number of carbonyl (C=O) groups excluding carboxylic acids is 2. The Bertz CT molecular complexity index is 929. The number of aromatic nitrogens is 1. The molecule has 0 atom stereocenters. The highest BCUT2D eigenvalue weighted by Crippen LogP contribution is 2.19. The first-order chi connectivity index (χ1) is 12.1. The highest BCUT2D eigenvalue weighted by Gasteiger charge is 2.08. The van der Waals surface area contributed by atoms with E-state index in [1.165, 1.54) is 0 Å². The first-order valence-electron chi connectivity index (χ1n) is 7.85. The molecule has 0 saturated carbocycles. The second-order valence-corrected chi connectivity index (χ2v) is 5.65. The molecule has 0 fully saturated rings. The first kappa shape index (κ1) is 16.4. The van der Waals surface area contributed by atoms with Gasteiger partial charge >= 0.3 is 0 Å². The number of nitrogens with two attached hydrogens (primary N) is 1. The SMILES string of the molecule is NC(=O)Cn1cc(/C=N/NC(=O)Cc2ccccc2)c2ccccc21. The van der Waals surface area contributed by atoms with Gasteiger partial charge in [-0.15, -0.1) is 0 Å². The molecule has 25 heavy (non-hydrogen) atoms. The summed E-state index contributed by atoms with van der Waals surface area (Å²) in [5.41, 5.74) is 10.4. The van der Waals surface area contributed by atoms with Crippen molar-refractivity contribution in [1.82, 2.24) is 9.99 Å². The number of nitrogens with one attached hydrogen (secondary N) is 1. The number of benzene rings is 2. The number of primary amides is 1. The Morgan fingerprint density at radius 3 is 2.56 bits per heavy atom. The van der Waals surface area contributed by atoms with Crippen LogP contribution in [-0.4, -0.2) is 22.6 Å². The quantitative estimate of drug-likeness (QED) is 0.532.